The van der Waals surface area contributed by atoms with Crippen molar-refractivity contribution >= 4 is 45.1 Å². The molecule has 156 valence electrons. The van der Waals surface area contributed by atoms with Gasteiger partial charge in [0.15, 0.2) is 0 Å². The van der Waals surface area contributed by atoms with Crippen molar-refractivity contribution in [1.82, 2.24) is 15.0 Å². The third-order valence-corrected chi connectivity index (χ3v) is 6.28. The van der Waals surface area contributed by atoms with Crippen LogP contribution < -0.4 is 10.2 Å². The van der Waals surface area contributed by atoms with Crippen LogP contribution in [0.3, 0.4) is 0 Å². The molecule has 1 saturated heterocycles. The predicted octanol–water partition coefficient (Wildman–Crippen LogP) is 4.24. The van der Waals surface area contributed by atoms with E-state index in [0.29, 0.717) is 11.8 Å². The first kappa shape index (κ1) is 20.7. The van der Waals surface area contributed by atoms with Crippen LogP contribution in [-0.4, -0.2) is 44.9 Å². The summed E-state index contributed by atoms with van der Waals surface area (Å²) in [7, 11) is 0. The predicted molar refractivity (Wildman–Crippen MR) is 119 cm³/mol. The Morgan fingerprint density at radius 1 is 1.27 bits per heavy atom. The zero-order valence-electron chi connectivity index (χ0n) is 16.3. The fourth-order valence-electron chi connectivity index (χ4n) is 3.10. The molecular weight excluding hydrogens is 470 g/mol. The Kier molecular flexibility index (Phi) is 5.98. The van der Waals surface area contributed by atoms with Gasteiger partial charge in [0, 0.05) is 21.6 Å². The fraction of sp³-hybridized carbons (Fsp3) is 0.300. The van der Waals surface area contributed by atoms with Crippen LogP contribution in [0.4, 0.5) is 16.6 Å². The number of cyclic esters (lactones) is 1. The molecule has 8 nitrogen and oxygen atoms in total. The molecule has 1 aliphatic rings. The summed E-state index contributed by atoms with van der Waals surface area (Å²) >= 11 is 4.99. The maximum absolute atomic E-state index is 12.1. The minimum Gasteiger partial charge on any atom is -0.447 e. The second kappa shape index (κ2) is 8.66. The van der Waals surface area contributed by atoms with Gasteiger partial charge < -0.3 is 15.2 Å². The first-order valence-corrected chi connectivity index (χ1v) is 11.0. The van der Waals surface area contributed by atoms with Gasteiger partial charge in [-0.1, -0.05) is 28.1 Å². The number of aromatic nitrogens is 3. The second-order valence-electron chi connectivity index (χ2n) is 6.94. The lowest BCUT2D eigenvalue weighted by Crippen LogP contribution is -2.41. The fourth-order valence-corrected chi connectivity index (χ4v) is 4.20. The number of hydrogen-bond acceptors (Lipinski definition) is 8. The summed E-state index contributed by atoms with van der Waals surface area (Å²) in [5.74, 6) is 0.743. The summed E-state index contributed by atoms with van der Waals surface area (Å²) in [6.45, 7) is 3.72. The van der Waals surface area contributed by atoms with Crippen molar-refractivity contribution in [3.63, 3.8) is 0 Å². The number of nitrogens with zero attached hydrogens (tertiary/aromatic N) is 4. The molecule has 1 amide bonds. The number of halogens is 1. The van der Waals surface area contributed by atoms with Crippen LogP contribution in [0.1, 0.15) is 24.9 Å². The number of nitrogens with one attached hydrogen (secondary N) is 1. The Balaban J connectivity index is 1.50. The van der Waals surface area contributed by atoms with Gasteiger partial charge in [-0.25, -0.2) is 14.8 Å². The number of rotatable bonds is 6. The highest BCUT2D eigenvalue weighted by Crippen LogP contribution is 2.29. The third kappa shape index (κ3) is 4.30. The van der Waals surface area contributed by atoms with E-state index in [9.17, 15) is 9.90 Å². The molecule has 4 rings (SSSR count). The molecule has 30 heavy (non-hydrogen) atoms. The molecule has 0 radical (unpaired) electrons. The lowest BCUT2D eigenvalue weighted by molar-refractivity contribution is 0.142. The maximum Gasteiger partial charge on any atom is 0.416 e. The van der Waals surface area contributed by atoms with E-state index < -0.39 is 18.2 Å². The van der Waals surface area contributed by atoms with Gasteiger partial charge in [0.25, 0.3) is 0 Å². The van der Waals surface area contributed by atoms with Gasteiger partial charge in [-0.05, 0) is 32.0 Å². The van der Waals surface area contributed by atoms with Crippen LogP contribution in [0.15, 0.2) is 46.4 Å². The largest absolute Gasteiger partial charge is 0.447 e. The second-order valence-corrected chi connectivity index (χ2v) is 8.74. The Morgan fingerprint density at radius 3 is 2.77 bits per heavy atom. The number of aliphatic hydroxyl groups excluding tert-OH is 1. The number of anilines is 2. The molecule has 0 aliphatic carbocycles. The van der Waals surface area contributed by atoms with E-state index in [-0.39, 0.29) is 12.6 Å². The van der Waals surface area contributed by atoms with Gasteiger partial charge in [-0.2, -0.15) is 4.98 Å². The highest BCUT2D eigenvalue weighted by Gasteiger charge is 2.38. The van der Waals surface area contributed by atoms with Crippen LogP contribution in [0.2, 0.25) is 0 Å². The number of amides is 1. The summed E-state index contributed by atoms with van der Waals surface area (Å²) in [6.07, 6.45) is 0.295. The third-order valence-electron chi connectivity index (χ3n) is 4.73. The first-order chi connectivity index (χ1) is 14.4. The van der Waals surface area contributed by atoms with Crippen molar-refractivity contribution in [1.29, 1.82) is 0 Å². The summed E-state index contributed by atoms with van der Waals surface area (Å²) in [4.78, 5) is 26.9. The molecule has 3 atom stereocenters. The SMILES string of the molecule is C[C@@H](Nc1nccc(N2C(=O)OC[C@@H]2[C@@H](C)O)n1)c1nc(-c2ccc(Br)cc2)cs1. The van der Waals surface area contributed by atoms with Gasteiger partial charge in [0.1, 0.15) is 23.5 Å². The van der Waals surface area contributed by atoms with Crippen molar-refractivity contribution in [2.24, 2.45) is 0 Å². The van der Waals surface area contributed by atoms with Crippen LogP contribution in [0.25, 0.3) is 11.3 Å². The average molecular weight is 490 g/mol. The molecule has 0 spiro atoms. The number of thiazole rings is 1. The summed E-state index contributed by atoms with van der Waals surface area (Å²) in [5.41, 5.74) is 1.95. The molecule has 0 bridgehead atoms. The lowest BCUT2D eigenvalue weighted by atomic mass is 10.2. The monoisotopic (exact) mass is 489 g/mol. The Hall–Kier alpha value is -2.56. The highest BCUT2D eigenvalue weighted by molar-refractivity contribution is 9.10. The highest BCUT2D eigenvalue weighted by atomic mass is 79.9. The van der Waals surface area contributed by atoms with Crippen LogP contribution in [0.5, 0.6) is 0 Å². The molecule has 1 fully saturated rings. The number of ether oxygens (including phenoxy) is 1. The van der Waals surface area contributed by atoms with Crippen LogP contribution in [0, 0.1) is 0 Å². The number of aliphatic hydroxyl groups is 1. The van der Waals surface area contributed by atoms with Crippen molar-refractivity contribution in [3.05, 3.63) is 51.4 Å². The van der Waals surface area contributed by atoms with Gasteiger partial charge >= 0.3 is 6.09 Å². The van der Waals surface area contributed by atoms with Crippen LogP contribution in [-0.2, 0) is 4.74 Å². The molecule has 3 heterocycles. The van der Waals surface area contributed by atoms with E-state index in [1.807, 2.05) is 36.6 Å². The van der Waals surface area contributed by atoms with Gasteiger partial charge in [0.05, 0.1) is 17.8 Å². The molecule has 2 N–H and O–H groups in total. The Morgan fingerprint density at radius 2 is 2.03 bits per heavy atom. The summed E-state index contributed by atoms with van der Waals surface area (Å²) < 4.78 is 6.09. The van der Waals surface area contributed by atoms with E-state index in [1.54, 1.807) is 30.5 Å². The minimum atomic E-state index is -0.742. The van der Waals surface area contributed by atoms with Crippen molar-refractivity contribution < 1.29 is 14.6 Å². The molecule has 1 aliphatic heterocycles. The molecule has 0 saturated carbocycles. The summed E-state index contributed by atoms with van der Waals surface area (Å²) in [5, 5.41) is 16.1. The molecule has 3 aromatic rings. The molecule has 1 aromatic carbocycles. The normalized spacial score (nSPS) is 18.2. The smallest absolute Gasteiger partial charge is 0.416 e. The molecular formula is C20H20BrN5O3S. The van der Waals surface area contributed by atoms with Crippen molar-refractivity contribution in [2.75, 3.05) is 16.8 Å². The molecule has 10 heteroatoms. The van der Waals surface area contributed by atoms with E-state index in [4.69, 9.17) is 9.72 Å². The number of hydrogen-bond donors (Lipinski definition) is 2. The average Bonchev–Trinajstić information content (AvgIpc) is 3.36. The maximum atomic E-state index is 12.1. The number of carbonyl (C=O) groups excluding carboxylic acids is 1. The van der Waals surface area contributed by atoms with Crippen molar-refractivity contribution in [3.8, 4) is 11.3 Å². The van der Waals surface area contributed by atoms with E-state index in [1.165, 1.54) is 4.90 Å². The lowest BCUT2D eigenvalue weighted by Gasteiger charge is -2.22. The number of carbonyl (C=O) groups is 1. The van der Waals surface area contributed by atoms with Gasteiger partial charge in [-0.15, -0.1) is 11.3 Å². The standard InChI is InChI=1S/C20H20BrN5O3S/c1-11(18-24-15(10-30-18)13-3-5-14(21)6-4-13)23-19-22-8-7-17(25-19)26-16(12(2)27)9-29-20(26)28/h3-8,10-12,16,27H,9H2,1-2H3,(H,22,23,25)/t11-,12-,16-/m1/s1. The first-order valence-electron chi connectivity index (χ1n) is 9.37. The van der Waals surface area contributed by atoms with E-state index in [0.717, 1.165) is 20.7 Å². The van der Waals surface area contributed by atoms with E-state index >= 15 is 0 Å². The zero-order valence-corrected chi connectivity index (χ0v) is 18.7. The molecule has 0 unspecified atom stereocenters. The topological polar surface area (TPSA) is 100 Å². The molecule has 2 aromatic heterocycles. The zero-order chi connectivity index (χ0) is 21.3. The Labute approximate surface area is 186 Å². The quantitative estimate of drug-likeness (QED) is 0.533. The number of benzene rings is 1. The minimum absolute atomic E-state index is 0.123. The Bertz CT molecular complexity index is 1040. The van der Waals surface area contributed by atoms with Crippen LogP contribution >= 0.6 is 27.3 Å². The van der Waals surface area contributed by atoms with Gasteiger partial charge in [-0.3, -0.25) is 4.90 Å². The van der Waals surface area contributed by atoms with E-state index in [2.05, 4.69) is 31.2 Å². The summed E-state index contributed by atoms with van der Waals surface area (Å²) in [6, 6.07) is 9.01. The van der Waals surface area contributed by atoms with Crippen molar-refractivity contribution in [2.45, 2.75) is 32.0 Å². The van der Waals surface area contributed by atoms with Gasteiger partial charge in [0.2, 0.25) is 5.95 Å².